The van der Waals surface area contributed by atoms with Crippen molar-refractivity contribution in [2.75, 3.05) is 6.61 Å². The van der Waals surface area contributed by atoms with Crippen LogP contribution in [0.1, 0.15) is 156 Å². The summed E-state index contributed by atoms with van der Waals surface area (Å²) in [6.45, 7) is 9.56. The average Bonchev–Trinajstić information content (AvgIpc) is 2.72. The first-order chi connectivity index (χ1) is 14.1. The molecule has 2 heteroatoms. The van der Waals surface area contributed by atoms with Crippen LogP contribution in [0.3, 0.4) is 0 Å². The summed E-state index contributed by atoms with van der Waals surface area (Å²) in [7, 11) is 0. The molecule has 0 radical (unpaired) electrons. The zero-order valence-electron chi connectivity index (χ0n) is 20.7. The van der Waals surface area contributed by atoms with Gasteiger partial charge < -0.3 is 4.74 Å². The van der Waals surface area contributed by atoms with Crippen LogP contribution < -0.4 is 0 Å². The van der Waals surface area contributed by atoms with Crippen LogP contribution in [-0.4, -0.2) is 12.6 Å². The Morgan fingerprint density at radius 3 is 1.31 bits per heavy atom. The molecule has 0 amide bonds. The third-order valence-corrected chi connectivity index (χ3v) is 6.39. The number of unbranched alkanes of at least 4 members (excludes halogenated alkanes) is 15. The van der Waals surface area contributed by atoms with E-state index in [1.54, 1.807) is 0 Å². The van der Waals surface area contributed by atoms with E-state index >= 15 is 0 Å². The highest BCUT2D eigenvalue weighted by atomic mass is 16.5. The SMILES string of the molecule is CCCCCCCCOC(=O)C(C)(CCCCCCCC)CCCCCCCC. The fraction of sp³-hybridized carbons (Fsp3) is 0.963. The van der Waals surface area contributed by atoms with Crippen molar-refractivity contribution in [3.05, 3.63) is 0 Å². The fourth-order valence-corrected chi connectivity index (χ4v) is 4.14. The highest BCUT2D eigenvalue weighted by molar-refractivity contribution is 5.76. The number of ether oxygens (including phenoxy) is 1. The number of carbonyl (C=O) groups is 1. The normalized spacial score (nSPS) is 11.7. The zero-order valence-corrected chi connectivity index (χ0v) is 20.7. The van der Waals surface area contributed by atoms with Crippen molar-refractivity contribution in [1.29, 1.82) is 0 Å². The van der Waals surface area contributed by atoms with Crippen LogP contribution in [0, 0.1) is 5.41 Å². The molecule has 29 heavy (non-hydrogen) atoms. The zero-order chi connectivity index (χ0) is 21.6. The van der Waals surface area contributed by atoms with Gasteiger partial charge >= 0.3 is 5.97 Å². The van der Waals surface area contributed by atoms with E-state index in [1.165, 1.54) is 109 Å². The molecule has 0 bridgehead atoms. The Morgan fingerprint density at radius 2 is 0.897 bits per heavy atom. The van der Waals surface area contributed by atoms with Gasteiger partial charge in [-0.05, 0) is 26.2 Å². The summed E-state index contributed by atoms with van der Waals surface area (Å²) in [5.41, 5.74) is -0.266. The van der Waals surface area contributed by atoms with Gasteiger partial charge in [0.25, 0.3) is 0 Å². The van der Waals surface area contributed by atoms with E-state index in [0.29, 0.717) is 6.61 Å². The summed E-state index contributed by atoms with van der Waals surface area (Å²) < 4.78 is 5.77. The summed E-state index contributed by atoms with van der Waals surface area (Å²) >= 11 is 0. The third-order valence-electron chi connectivity index (χ3n) is 6.39. The predicted molar refractivity (Wildman–Crippen MR) is 128 cm³/mol. The van der Waals surface area contributed by atoms with Gasteiger partial charge in [0.2, 0.25) is 0 Å². The summed E-state index contributed by atoms with van der Waals surface area (Å²) in [5.74, 6) is 0.0770. The third kappa shape index (κ3) is 16.9. The van der Waals surface area contributed by atoms with Gasteiger partial charge in [-0.1, -0.05) is 130 Å². The lowest BCUT2D eigenvalue weighted by molar-refractivity contribution is -0.156. The average molecular weight is 411 g/mol. The largest absolute Gasteiger partial charge is 0.465 e. The van der Waals surface area contributed by atoms with Gasteiger partial charge in [0.05, 0.1) is 12.0 Å². The van der Waals surface area contributed by atoms with Gasteiger partial charge in [0.1, 0.15) is 0 Å². The summed E-state index contributed by atoms with van der Waals surface area (Å²) in [6.07, 6.45) is 24.9. The van der Waals surface area contributed by atoms with Crippen molar-refractivity contribution >= 4 is 5.97 Å². The van der Waals surface area contributed by atoms with Crippen LogP contribution in [-0.2, 0) is 9.53 Å². The number of esters is 1. The summed E-state index contributed by atoms with van der Waals surface area (Å²) in [4.78, 5) is 12.9. The van der Waals surface area contributed by atoms with Crippen molar-refractivity contribution in [2.45, 2.75) is 156 Å². The van der Waals surface area contributed by atoms with E-state index in [0.717, 1.165) is 19.3 Å². The molecule has 0 unspecified atom stereocenters. The fourth-order valence-electron chi connectivity index (χ4n) is 4.14. The predicted octanol–water partition coefficient (Wildman–Crippen LogP) is 9.40. The van der Waals surface area contributed by atoms with Gasteiger partial charge in [-0.2, -0.15) is 0 Å². The Bertz CT molecular complexity index is 334. The number of rotatable bonds is 22. The lowest BCUT2D eigenvalue weighted by atomic mass is 9.79. The van der Waals surface area contributed by atoms with Crippen LogP contribution >= 0.6 is 0 Å². The molecule has 0 N–H and O–H groups in total. The molecule has 0 aromatic carbocycles. The molecule has 0 fully saturated rings. The highest BCUT2D eigenvalue weighted by Crippen LogP contribution is 2.33. The lowest BCUT2D eigenvalue weighted by Crippen LogP contribution is -2.30. The minimum absolute atomic E-state index is 0.0770. The second kappa shape index (κ2) is 20.7. The molecule has 0 heterocycles. The van der Waals surface area contributed by atoms with Crippen LogP contribution in [0.15, 0.2) is 0 Å². The Morgan fingerprint density at radius 1 is 0.552 bits per heavy atom. The molecule has 174 valence electrons. The Balaban J connectivity index is 4.26. The number of hydrogen-bond donors (Lipinski definition) is 0. The van der Waals surface area contributed by atoms with Crippen LogP contribution in [0.5, 0.6) is 0 Å². The maximum atomic E-state index is 12.9. The van der Waals surface area contributed by atoms with E-state index in [9.17, 15) is 4.79 Å². The summed E-state index contributed by atoms with van der Waals surface area (Å²) in [6, 6.07) is 0. The summed E-state index contributed by atoms with van der Waals surface area (Å²) in [5, 5.41) is 0. The van der Waals surface area contributed by atoms with Crippen molar-refractivity contribution in [2.24, 2.45) is 5.41 Å². The first-order valence-corrected chi connectivity index (χ1v) is 13.3. The minimum atomic E-state index is -0.266. The molecule has 0 aromatic heterocycles. The molecular formula is C27H54O2. The molecule has 0 aliphatic carbocycles. The highest BCUT2D eigenvalue weighted by Gasteiger charge is 2.33. The van der Waals surface area contributed by atoms with E-state index in [-0.39, 0.29) is 11.4 Å². The quantitative estimate of drug-likeness (QED) is 0.131. The van der Waals surface area contributed by atoms with E-state index < -0.39 is 0 Å². The Labute approximate surface area is 184 Å². The molecule has 0 aromatic rings. The van der Waals surface area contributed by atoms with E-state index in [4.69, 9.17) is 4.74 Å². The second-order valence-electron chi connectivity index (χ2n) is 9.50. The van der Waals surface area contributed by atoms with Crippen molar-refractivity contribution < 1.29 is 9.53 Å². The molecule has 0 saturated carbocycles. The molecule has 0 spiro atoms. The lowest BCUT2D eigenvalue weighted by Gasteiger charge is -2.27. The molecular weight excluding hydrogens is 356 g/mol. The number of hydrogen-bond acceptors (Lipinski definition) is 2. The molecule has 0 aliphatic rings. The Kier molecular flexibility index (Phi) is 20.4. The van der Waals surface area contributed by atoms with Gasteiger partial charge in [0.15, 0.2) is 0 Å². The molecule has 0 aliphatic heterocycles. The monoisotopic (exact) mass is 410 g/mol. The topological polar surface area (TPSA) is 26.3 Å². The minimum Gasteiger partial charge on any atom is -0.465 e. The van der Waals surface area contributed by atoms with E-state index in [1.807, 2.05) is 0 Å². The first kappa shape index (κ1) is 28.5. The molecule has 0 saturated heterocycles. The van der Waals surface area contributed by atoms with Crippen molar-refractivity contribution in [1.82, 2.24) is 0 Å². The molecule has 2 nitrogen and oxygen atoms in total. The van der Waals surface area contributed by atoms with Crippen molar-refractivity contribution in [3.63, 3.8) is 0 Å². The maximum Gasteiger partial charge on any atom is 0.311 e. The first-order valence-electron chi connectivity index (χ1n) is 13.3. The van der Waals surface area contributed by atoms with Gasteiger partial charge in [-0.25, -0.2) is 0 Å². The van der Waals surface area contributed by atoms with Crippen LogP contribution in [0.25, 0.3) is 0 Å². The van der Waals surface area contributed by atoms with Gasteiger partial charge in [0, 0.05) is 0 Å². The molecule has 0 atom stereocenters. The van der Waals surface area contributed by atoms with Crippen molar-refractivity contribution in [3.8, 4) is 0 Å². The molecule has 0 rings (SSSR count). The number of carbonyl (C=O) groups excluding carboxylic acids is 1. The van der Waals surface area contributed by atoms with Crippen LogP contribution in [0.2, 0.25) is 0 Å². The van der Waals surface area contributed by atoms with Gasteiger partial charge in [-0.15, -0.1) is 0 Å². The van der Waals surface area contributed by atoms with Gasteiger partial charge in [-0.3, -0.25) is 4.79 Å². The van der Waals surface area contributed by atoms with Crippen LogP contribution in [0.4, 0.5) is 0 Å². The standard InChI is InChI=1S/C27H54O2/c1-5-8-11-14-17-20-23-27(4,24-21-18-15-12-9-6-2)26(28)29-25-22-19-16-13-10-7-3/h5-25H2,1-4H3. The second-order valence-corrected chi connectivity index (χ2v) is 9.50. The van der Waals surface area contributed by atoms with E-state index in [2.05, 4.69) is 27.7 Å². The maximum absolute atomic E-state index is 12.9. The Hall–Kier alpha value is -0.530. The smallest absolute Gasteiger partial charge is 0.311 e.